The summed E-state index contributed by atoms with van der Waals surface area (Å²) in [5.41, 5.74) is 1.21. The van der Waals surface area contributed by atoms with E-state index in [2.05, 4.69) is 21.7 Å². The Morgan fingerprint density at radius 2 is 1.91 bits per heavy atom. The van der Waals surface area contributed by atoms with Crippen LogP contribution in [0.1, 0.15) is 5.56 Å². The smallest absolute Gasteiger partial charge is 0.191 e. The summed E-state index contributed by atoms with van der Waals surface area (Å²) in [5.74, 6) is 2.45. The van der Waals surface area contributed by atoms with Gasteiger partial charge in [0.05, 0.1) is 6.61 Å². The van der Waals surface area contributed by atoms with Gasteiger partial charge in [-0.3, -0.25) is 4.99 Å². The van der Waals surface area contributed by atoms with Gasteiger partial charge in [-0.15, -0.1) is 24.0 Å². The molecule has 2 rings (SSSR count). The Balaban J connectivity index is 0.00000242. The number of nitrogens with zero attached hydrogens (tertiary/aromatic N) is 1. The first-order chi connectivity index (χ1) is 10.3. The molecule has 1 aromatic rings. The van der Waals surface area contributed by atoms with Gasteiger partial charge in [-0.25, -0.2) is 0 Å². The molecule has 0 saturated carbocycles. The normalized spacial score (nSPS) is 13.3. The number of guanidine groups is 1. The minimum atomic E-state index is 0. The number of aliphatic imine (C=N–C) groups is 1. The monoisotopic (exact) mass is 421 g/mol. The van der Waals surface area contributed by atoms with Crippen LogP contribution in [0.25, 0.3) is 0 Å². The van der Waals surface area contributed by atoms with Crippen molar-refractivity contribution < 1.29 is 14.2 Å². The molecule has 7 heteroatoms. The van der Waals surface area contributed by atoms with Crippen molar-refractivity contribution in [1.29, 1.82) is 0 Å². The van der Waals surface area contributed by atoms with E-state index in [0.717, 1.165) is 37.0 Å². The number of halogens is 1. The van der Waals surface area contributed by atoms with E-state index < -0.39 is 0 Å². The van der Waals surface area contributed by atoms with Crippen molar-refractivity contribution in [3.8, 4) is 11.5 Å². The highest BCUT2D eigenvalue weighted by Gasteiger charge is 2.11. The Morgan fingerprint density at radius 3 is 2.64 bits per heavy atom. The molecule has 0 aromatic heterocycles. The van der Waals surface area contributed by atoms with Crippen LogP contribution in [0.4, 0.5) is 0 Å². The van der Waals surface area contributed by atoms with Crippen molar-refractivity contribution in [3.63, 3.8) is 0 Å². The van der Waals surface area contributed by atoms with Crippen LogP contribution in [-0.4, -0.2) is 53.0 Å². The molecule has 1 aliphatic heterocycles. The summed E-state index contributed by atoms with van der Waals surface area (Å²) in [4.78, 5) is 4.16. The minimum absolute atomic E-state index is 0. The highest BCUT2D eigenvalue weighted by Crippen LogP contribution is 2.30. The Morgan fingerprint density at radius 1 is 1.18 bits per heavy atom. The van der Waals surface area contributed by atoms with E-state index in [4.69, 9.17) is 14.2 Å². The molecule has 6 nitrogen and oxygen atoms in total. The average Bonchev–Trinajstić information content (AvgIpc) is 2.53. The number of methoxy groups -OCH3 is 1. The van der Waals surface area contributed by atoms with Crippen LogP contribution in [0, 0.1) is 0 Å². The fraction of sp³-hybridized carbons (Fsp3) is 0.533. The summed E-state index contributed by atoms with van der Waals surface area (Å²) in [5, 5.41) is 6.44. The van der Waals surface area contributed by atoms with Crippen molar-refractivity contribution in [2.75, 3.05) is 47.1 Å². The van der Waals surface area contributed by atoms with E-state index in [9.17, 15) is 0 Å². The lowest BCUT2D eigenvalue weighted by atomic mass is 10.1. The standard InChI is InChI=1S/C15H23N3O3.HI/c1-16-15(18-7-8-19-2)17-6-5-12-3-4-13-14(11-12)21-10-9-20-13;/h3-4,11H,5-10H2,1-2H3,(H2,16,17,18);1H. The molecule has 0 saturated heterocycles. The predicted octanol–water partition coefficient (Wildman–Crippen LogP) is 1.43. The van der Waals surface area contributed by atoms with E-state index in [0.29, 0.717) is 19.8 Å². The predicted molar refractivity (Wildman–Crippen MR) is 97.8 cm³/mol. The zero-order chi connectivity index (χ0) is 14.9. The maximum absolute atomic E-state index is 5.58. The Hall–Kier alpha value is -1.22. The number of ether oxygens (including phenoxy) is 3. The third-order valence-electron chi connectivity index (χ3n) is 3.13. The number of hydrogen-bond donors (Lipinski definition) is 2. The second-order valence-corrected chi connectivity index (χ2v) is 4.65. The molecule has 0 bridgehead atoms. The molecule has 1 aromatic carbocycles. The molecule has 0 atom stereocenters. The van der Waals surface area contributed by atoms with Crippen molar-refractivity contribution in [2.45, 2.75) is 6.42 Å². The summed E-state index contributed by atoms with van der Waals surface area (Å²) in [7, 11) is 3.44. The maximum atomic E-state index is 5.58. The molecule has 0 radical (unpaired) electrons. The number of fused-ring (bicyclic) bond motifs is 1. The van der Waals surface area contributed by atoms with Gasteiger partial charge in [0.1, 0.15) is 13.2 Å². The Labute approximate surface area is 148 Å². The molecule has 1 aliphatic rings. The van der Waals surface area contributed by atoms with E-state index >= 15 is 0 Å². The number of benzene rings is 1. The average molecular weight is 421 g/mol. The third kappa shape index (κ3) is 5.88. The number of rotatable bonds is 6. The summed E-state index contributed by atoms with van der Waals surface area (Å²) in [6.45, 7) is 3.43. The van der Waals surface area contributed by atoms with Crippen molar-refractivity contribution in [3.05, 3.63) is 23.8 Å². The van der Waals surface area contributed by atoms with Gasteiger partial charge in [-0.2, -0.15) is 0 Å². The highest BCUT2D eigenvalue weighted by atomic mass is 127. The lowest BCUT2D eigenvalue weighted by molar-refractivity contribution is 0.171. The molecule has 1 heterocycles. The number of hydrogen-bond acceptors (Lipinski definition) is 4. The van der Waals surface area contributed by atoms with Crippen LogP contribution in [-0.2, 0) is 11.2 Å². The minimum Gasteiger partial charge on any atom is -0.486 e. The van der Waals surface area contributed by atoms with Gasteiger partial charge in [0.15, 0.2) is 17.5 Å². The van der Waals surface area contributed by atoms with Gasteiger partial charge in [-0.05, 0) is 24.1 Å². The van der Waals surface area contributed by atoms with Gasteiger partial charge in [-0.1, -0.05) is 6.07 Å². The molecule has 22 heavy (non-hydrogen) atoms. The van der Waals surface area contributed by atoms with Crippen molar-refractivity contribution in [1.82, 2.24) is 10.6 Å². The largest absolute Gasteiger partial charge is 0.486 e. The zero-order valence-corrected chi connectivity index (χ0v) is 15.4. The summed E-state index contributed by atoms with van der Waals surface area (Å²) in [6, 6.07) is 6.07. The first-order valence-electron chi connectivity index (χ1n) is 7.15. The second-order valence-electron chi connectivity index (χ2n) is 4.65. The summed E-state index contributed by atoms with van der Waals surface area (Å²) < 4.78 is 16.1. The van der Waals surface area contributed by atoms with E-state index in [1.165, 1.54) is 5.56 Å². The zero-order valence-electron chi connectivity index (χ0n) is 13.1. The lowest BCUT2D eigenvalue weighted by Gasteiger charge is -2.19. The number of nitrogens with one attached hydrogen (secondary N) is 2. The maximum Gasteiger partial charge on any atom is 0.191 e. The fourth-order valence-corrected chi connectivity index (χ4v) is 2.06. The van der Waals surface area contributed by atoms with Gasteiger partial charge in [0, 0.05) is 27.2 Å². The van der Waals surface area contributed by atoms with Crippen LogP contribution in [0.2, 0.25) is 0 Å². The molecule has 0 unspecified atom stereocenters. The topological polar surface area (TPSA) is 64.1 Å². The summed E-state index contributed by atoms with van der Waals surface area (Å²) in [6.07, 6.45) is 0.890. The quantitative estimate of drug-likeness (QED) is 0.315. The first-order valence-corrected chi connectivity index (χ1v) is 7.15. The van der Waals surface area contributed by atoms with E-state index in [1.807, 2.05) is 12.1 Å². The SMILES string of the molecule is CN=C(NCCOC)NCCc1ccc2c(c1)OCCO2.I. The molecule has 0 fully saturated rings. The summed E-state index contributed by atoms with van der Waals surface area (Å²) >= 11 is 0. The van der Waals surface area contributed by atoms with E-state index in [1.54, 1.807) is 14.2 Å². The molecule has 0 amide bonds. The molecule has 0 spiro atoms. The van der Waals surface area contributed by atoms with Crippen LogP contribution < -0.4 is 20.1 Å². The Kier molecular flexibility index (Phi) is 8.98. The molecule has 124 valence electrons. The van der Waals surface area contributed by atoms with Crippen LogP contribution in [0.15, 0.2) is 23.2 Å². The fourth-order valence-electron chi connectivity index (χ4n) is 2.06. The van der Waals surface area contributed by atoms with Crippen LogP contribution in [0.3, 0.4) is 0 Å². The second kappa shape index (κ2) is 10.5. The van der Waals surface area contributed by atoms with Crippen molar-refractivity contribution in [2.24, 2.45) is 4.99 Å². The van der Waals surface area contributed by atoms with Crippen LogP contribution in [0.5, 0.6) is 11.5 Å². The molecule has 2 N–H and O–H groups in total. The lowest BCUT2D eigenvalue weighted by Crippen LogP contribution is -2.39. The van der Waals surface area contributed by atoms with Gasteiger partial charge < -0.3 is 24.8 Å². The van der Waals surface area contributed by atoms with Gasteiger partial charge in [0.2, 0.25) is 0 Å². The Bertz CT molecular complexity index is 483. The highest BCUT2D eigenvalue weighted by molar-refractivity contribution is 14.0. The molecular formula is C15H24IN3O3. The van der Waals surface area contributed by atoms with Gasteiger partial charge >= 0.3 is 0 Å². The van der Waals surface area contributed by atoms with Crippen LogP contribution >= 0.6 is 24.0 Å². The first kappa shape index (κ1) is 18.8. The van der Waals surface area contributed by atoms with Crippen molar-refractivity contribution >= 4 is 29.9 Å². The molecule has 0 aliphatic carbocycles. The van der Waals surface area contributed by atoms with Gasteiger partial charge in [0.25, 0.3) is 0 Å². The third-order valence-corrected chi connectivity index (χ3v) is 3.13. The molecular weight excluding hydrogens is 397 g/mol. The van der Waals surface area contributed by atoms with E-state index in [-0.39, 0.29) is 24.0 Å².